The van der Waals surface area contributed by atoms with E-state index in [-0.39, 0.29) is 17.8 Å². The van der Waals surface area contributed by atoms with E-state index in [2.05, 4.69) is 36.9 Å². The summed E-state index contributed by atoms with van der Waals surface area (Å²) in [5, 5.41) is 0. The molecule has 2 saturated carbocycles. The molecular formula is C22H34N2O2. The number of nitrogens with two attached hydrogens (primary N) is 1. The summed E-state index contributed by atoms with van der Waals surface area (Å²) in [5.74, 6) is 0.834. The van der Waals surface area contributed by atoms with Crippen molar-refractivity contribution in [2.75, 3.05) is 23.8 Å². The molecule has 3 rings (SSSR count). The van der Waals surface area contributed by atoms with Crippen LogP contribution in [-0.2, 0) is 9.53 Å². The van der Waals surface area contributed by atoms with Gasteiger partial charge in [-0.3, -0.25) is 4.79 Å². The number of hydrogen-bond donors (Lipinski definition) is 1. The van der Waals surface area contributed by atoms with E-state index < -0.39 is 0 Å². The Kier molecular flexibility index (Phi) is 6.10. The quantitative estimate of drug-likeness (QED) is 0.565. The van der Waals surface area contributed by atoms with Gasteiger partial charge < -0.3 is 15.4 Å². The lowest BCUT2D eigenvalue weighted by Gasteiger charge is -2.38. The van der Waals surface area contributed by atoms with Gasteiger partial charge in [-0.1, -0.05) is 39.2 Å². The maximum atomic E-state index is 11.9. The number of carbonyl (C=O) groups is 1. The van der Waals surface area contributed by atoms with Crippen LogP contribution in [0, 0.1) is 11.8 Å². The van der Waals surface area contributed by atoms with Crippen LogP contribution in [0.15, 0.2) is 18.2 Å². The third-order valence-electron chi connectivity index (χ3n) is 5.75. The Morgan fingerprint density at radius 1 is 1.27 bits per heavy atom. The van der Waals surface area contributed by atoms with Crippen LogP contribution < -0.4 is 10.6 Å². The standard InChI is InChI=1S/C22H34N2O2/c1-4-26-22(25)19-13-18(19)16-10-11-21(20(23)12-16)24(14-15(2)3)17-8-6-5-7-9-17/h10-12,15,17-19H,4-9,13-14,23H2,1-3H3/t18-,19-/m1/s1. The molecule has 0 aliphatic heterocycles. The molecule has 0 unspecified atom stereocenters. The van der Waals surface area contributed by atoms with E-state index in [1.54, 1.807) is 0 Å². The zero-order chi connectivity index (χ0) is 18.7. The second-order valence-electron chi connectivity index (χ2n) is 8.36. The molecule has 4 heteroatoms. The van der Waals surface area contributed by atoms with Crippen LogP contribution in [0.3, 0.4) is 0 Å². The van der Waals surface area contributed by atoms with Crippen LogP contribution in [0.2, 0.25) is 0 Å². The molecule has 2 atom stereocenters. The van der Waals surface area contributed by atoms with Crippen LogP contribution >= 0.6 is 0 Å². The van der Waals surface area contributed by atoms with Crippen LogP contribution in [0.1, 0.15) is 70.8 Å². The van der Waals surface area contributed by atoms with Gasteiger partial charge in [0, 0.05) is 12.6 Å². The van der Waals surface area contributed by atoms with Crippen LogP contribution in [0.25, 0.3) is 0 Å². The summed E-state index contributed by atoms with van der Waals surface area (Å²) < 4.78 is 5.15. The first-order valence-corrected chi connectivity index (χ1v) is 10.3. The molecular weight excluding hydrogens is 324 g/mol. The lowest BCUT2D eigenvalue weighted by molar-refractivity contribution is -0.144. The molecule has 26 heavy (non-hydrogen) atoms. The van der Waals surface area contributed by atoms with Gasteiger partial charge in [-0.2, -0.15) is 0 Å². The van der Waals surface area contributed by atoms with Crippen LogP contribution in [0.4, 0.5) is 11.4 Å². The van der Waals surface area contributed by atoms with E-state index in [9.17, 15) is 4.79 Å². The Hall–Kier alpha value is -1.71. The van der Waals surface area contributed by atoms with Gasteiger partial charge in [-0.15, -0.1) is 0 Å². The highest BCUT2D eigenvalue weighted by atomic mass is 16.5. The number of nitrogen functional groups attached to an aromatic ring is 1. The minimum absolute atomic E-state index is 0.0188. The van der Waals surface area contributed by atoms with E-state index in [4.69, 9.17) is 10.5 Å². The molecule has 4 nitrogen and oxygen atoms in total. The zero-order valence-corrected chi connectivity index (χ0v) is 16.5. The Bertz CT molecular complexity index is 623. The van der Waals surface area contributed by atoms with Crippen LogP contribution in [0.5, 0.6) is 0 Å². The van der Waals surface area contributed by atoms with Crippen molar-refractivity contribution in [3.63, 3.8) is 0 Å². The fourth-order valence-electron chi connectivity index (χ4n) is 4.37. The first-order valence-electron chi connectivity index (χ1n) is 10.3. The van der Waals surface area contributed by atoms with Gasteiger partial charge in [0.1, 0.15) is 0 Å². The first-order chi connectivity index (χ1) is 12.5. The number of anilines is 2. The molecule has 0 amide bonds. The molecule has 0 radical (unpaired) electrons. The molecule has 144 valence electrons. The molecule has 0 heterocycles. The van der Waals surface area contributed by atoms with Crippen molar-refractivity contribution in [1.29, 1.82) is 0 Å². The van der Waals surface area contributed by atoms with Gasteiger partial charge in [0.25, 0.3) is 0 Å². The minimum Gasteiger partial charge on any atom is -0.466 e. The predicted molar refractivity (Wildman–Crippen MR) is 107 cm³/mol. The van der Waals surface area contributed by atoms with E-state index in [1.165, 1.54) is 43.4 Å². The average Bonchev–Trinajstić information content (AvgIpc) is 3.42. The molecule has 1 aromatic rings. The number of ether oxygens (including phenoxy) is 1. The molecule has 0 bridgehead atoms. The van der Waals surface area contributed by atoms with Crippen molar-refractivity contribution in [2.24, 2.45) is 11.8 Å². The SMILES string of the molecule is CCOC(=O)[C@@H]1C[C@@H]1c1ccc(N(CC(C)C)C2CCCCC2)c(N)c1. The van der Waals surface area contributed by atoms with E-state index in [1.807, 2.05) is 6.92 Å². The van der Waals surface area contributed by atoms with E-state index in [0.717, 1.165) is 18.7 Å². The summed E-state index contributed by atoms with van der Waals surface area (Å²) in [4.78, 5) is 14.5. The summed E-state index contributed by atoms with van der Waals surface area (Å²) in [6.45, 7) is 7.90. The third kappa shape index (κ3) is 4.33. The molecule has 0 spiro atoms. The Morgan fingerprint density at radius 2 is 2.00 bits per heavy atom. The zero-order valence-electron chi connectivity index (χ0n) is 16.5. The normalized spacial score (nSPS) is 23.1. The van der Waals surface area contributed by atoms with E-state index >= 15 is 0 Å². The van der Waals surface area contributed by atoms with Gasteiger partial charge in [-0.05, 0) is 55.7 Å². The van der Waals surface area contributed by atoms with Crippen molar-refractivity contribution >= 4 is 17.3 Å². The van der Waals surface area contributed by atoms with Crippen molar-refractivity contribution < 1.29 is 9.53 Å². The van der Waals surface area contributed by atoms with Crippen molar-refractivity contribution in [3.05, 3.63) is 23.8 Å². The molecule has 2 aliphatic carbocycles. The van der Waals surface area contributed by atoms with Gasteiger partial charge in [-0.25, -0.2) is 0 Å². The number of benzene rings is 1. The van der Waals surface area contributed by atoms with Gasteiger partial charge >= 0.3 is 5.97 Å². The van der Waals surface area contributed by atoms with Gasteiger partial charge in [0.05, 0.1) is 23.9 Å². The lowest BCUT2D eigenvalue weighted by atomic mass is 9.92. The molecule has 2 N–H and O–H groups in total. The Balaban J connectivity index is 1.75. The smallest absolute Gasteiger partial charge is 0.309 e. The van der Waals surface area contributed by atoms with Crippen molar-refractivity contribution in [1.82, 2.24) is 0 Å². The number of esters is 1. The minimum atomic E-state index is -0.0659. The first kappa shape index (κ1) is 19.1. The predicted octanol–water partition coefficient (Wildman–Crippen LogP) is 4.73. The Labute approximate surface area is 158 Å². The number of carbonyl (C=O) groups excluding carboxylic acids is 1. The summed E-state index contributed by atoms with van der Waals surface area (Å²) >= 11 is 0. The number of nitrogens with zero attached hydrogens (tertiary/aromatic N) is 1. The maximum Gasteiger partial charge on any atom is 0.309 e. The molecule has 0 saturated heterocycles. The van der Waals surface area contributed by atoms with Crippen LogP contribution in [-0.4, -0.2) is 25.2 Å². The third-order valence-corrected chi connectivity index (χ3v) is 5.75. The highest BCUT2D eigenvalue weighted by Gasteiger charge is 2.45. The summed E-state index contributed by atoms with van der Waals surface area (Å²) in [6, 6.07) is 7.05. The highest BCUT2D eigenvalue weighted by Crippen LogP contribution is 2.49. The summed E-state index contributed by atoms with van der Waals surface area (Å²) in [6.07, 6.45) is 7.41. The molecule has 1 aromatic carbocycles. The van der Waals surface area contributed by atoms with Crippen molar-refractivity contribution in [3.8, 4) is 0 Å². The monoisotopic (exact) mass is 358 g/mol. The number of rotatable bonds is 7. The largest absolute Gasteiger partial charge is 0.466 e. The van der Waals surface area contributed by atoms with Gasteiger partial charge in [0.15, 0.2) is 0 Å². The van der Waals surface area contributed by atoms with Gasteiger partial charge in [0.2, 0.25) is 0 Å². The fraction of sp³-hybridized carbons (Fsp3) is 0.682. The average molecular weight is 359 g/mol. The Morgan fingerprint density at radius 3 is 2.62 bits per heavy atom. The second-order valence-corrected chi connectivity index (χ2v) is 8.36. The topological polar surface area (TPSA) is 55.6 Å². The number of hydrogen-bond acceptors (Lipinski definition) is 4. The molecule has 0 aromatic heterocycles. The fourth-order valence-corrected chi connectivity index (χ4v) is 4.37. The summed E-state index contributed by atoms with van der Waals surface area (Å²) in [5.41, 5.74) is 9.69. The summed E-state index contributed by atoms with van der Waals surface area (Å²) in [7, 11) is 0. The lowest BCUT2D eigenvalue weighted by Crippen LogP contribution is -2.39. The highest BCUT2D eigenvalue weighted by molar-refractivity contribution is 5.78. The van der Waals surface area contributed by atoms with E-state index in [0.29, 0.717) is 18.6 Å². The second kappa shape index (κ2) is 8.32. The maximum absolute atomic E-state index is 11.9. The van der Waals surface area contributed by atoms with Crippen molar-refractivity contribution in [2.45, 2.75) is 71.3 Å². The molecule has 2 aliphatic rings. The molecule has 2 fully saturated rings.